The van der Waals surface area contributed by atoms with E-state index < -0.39 is 12.3 Å². The number of anilines is 1. The number of halogens is 2. The summed E-state index contributed by atoms with van der Waals surface area (Å²) in [5, 5.41) is 12.7. The minimum atomic E-state index is -3.65. The van der Waals surface area contributed by atoms with E-state index >= 15 is 0 Å². The standard InChI is InChI=1S/C17H11F2NO5/c18-17(19)24-12-4-3-11(7-14(12)25-17)20-8-9-1-2-10-6-15(16(21)22)23-13(10)5-9/h1-7,20H,8H2,(H,21,22). The second-order valence-corrected chi connectivity index (χ2v) is 5.47. The van der Waals surface area contributed by atoms with Crippen LogP contribution in [-0.2, 0) is 6.54 Å². The van der Waals surface area contributed by atoms with Gasteiger partial charge in [-0.2, -0.15) is 0 Å². The molecule has 0 unspecified atom stereocenters. The first-order valence-electron chi connectivity index (χ1n) is 7.29. The maximum atomic E-state index is 13.0. The molecule has 128 valence electrons. The van der Waals surface area contributed by atoms with Gasteiger partial charge in [0, 0.05) is 23.7 Å². The highest BCUT2D eigenvalue weighted by molar-refractivity contribution is 5.91. The van der Waals surface area contributed by atoms with Gasteiger partial charge in [0.2, 0.25) is 5.76 Å². The molecule has 6 nitrogen and oxygen atoms in total. The van der Waals surface area contributed by atoms with Crippen molar-refractivity contribution in [3.05, 3.63) is 53.8 Å². The number of benzene rings is 2. The summed E-state index contributed by atoms with van der Waals surface area (Å²) in [5.41, 5.74) is 1.87. The fourth-order valence-corrected chi connectivity index (χ4v) is 2.55. The molecule has 2 heterocycles. The summed E-state index contributed by atoms with van der Waals surface area (Å²) in [6.45, 7) is 0.384. The van der Waals surface area contributed by atoms with Crippen LogP contribution >= 0.6 is 0 Å². The van der Waals surface area contributed by atoms with E-state index in [-0.39, 0.29) is 17.3 Å². The summed E-state index contributed by atoms with van der Waals surface area (Å²) in [4.78, 5) is 10.9. The zero-order valence-electron chi connectivity index (χ0n) is 12.6. The molecule has 1 aromatic heterocycles. The van der Waals surface area contributed by atoms with Crippen molar-refractivity contribution in [3.63, 3.8) is 0 Å². The first-order chi connectivity index (χ1) is 11.9. The van der Waals surface area contributed by atoms with Gasteiger partial charge >= 0.3 is 12.3 Å². The Morgan fingerprint density at radius 1 is 1.08 bits per heavy atom. The van der Waals surface area contributed by atoms with Crippen molar-refractivity contribution < 1.29 is 32.6 Å². The lowest BCUT2D eigenvalue weighted by atomic mass is 10.1. The number of fused-ring (bicyclic) bond motifs is 2. The summed E-state index contributed by atoms with van der Waals surface area (Å²) in [6.07, 6.45) is -3.65. The topological polar surface area (TPSA) is 80.9 Å². The number of aromatic carboxylic acids is 1. The first-order valence-corrected chi connectivity index (χ1v) is 7.29. The van der Waals surface area contributed by atoms with E-state index in [0.717, 1.165) is 5.56 Å². The Hall–Kier alpha value is -3.29. The summed E-state index contributed by atoms with van der Waals surface area (Å²) in [5.74, 6) is -1.32. The average Bonchev–Trinajstić information content (AvgIpc) is 3.10. The monoisotopic (exact) mass is 347 g/mol. The van der Waals surface area contributed by atoms with Gasteiger partial charge in [-0.05, 0) is 29.8 Å². The van der Waals surface area contributed by atoms with Gasteiger partial charge < -0.3 is 24.3 Å². The molecule has 2 N–H and O–H groups in total. The minimum Gasteiger partial charge on any atom is -0.475 e. The van der Waals surface area contributed by atoms with E-state index in [1.807, 2.05) is 6.07 Å². The Bertz CT molecular complexity index is 982. The molecule has 0 saturated carbocycles. The van der Waals surface area contributed by atoms with Crippen molar-refractivity contribution >= 4 is 22.6 Å². The molecule has 1 aliphatic rings. The van der Waals surface area contributed by atoms with Gasteiger partial charge in [-0.25, -0.2) is 4.79 Å². The van der Waals surface area contributed by atoms with Gasteiger partial charge in [0.15, 0.2) is 11.5 Å². The van der Waals surface area contributed by atoms with Crippen molar-refractivity contribution in [2.45, 2.75) is 12.8 Å². The quantitative estimate of drug-likeness (QED) is 0.741. The maximum Gasteiger partial charge on any atom is 0.586 e. The molecule has 2 aromatic carbocycles. The highest BCUT2D eigenvalue weighted by Crippen LogP contribution is 2.42. The molecular weight excluding hydrogens is 336 g/mol. The van der Waals surface area contributed by atoms with Crippen LogP contribution in [0.15, 0.2) is 46.9 Å². The zero-order chi connectivity index (χ0) is 17.6. The van der Waals surface area contributed by atoms with E-state index in [1.165, 1.54) is 18.2 Å². The number of nitrogens with one attached hydrogen (secondary N) is 1. The predicted molar refractivity (Wildman–Crippen MR) is 83.1 cm³/mol. The number of ether oxygens (including phenoxy) is 2. The highest BCUT2D eigenvalue weighted by Gasteiger charge is 2.43. The normalized spacial score (nSPS) is 14.6. The van der Waals surface area contributed by atoms with Crippen LogP contribution in [0.5, 0.6) is 11.5 Å². The molecule has 0 aliphatic carbocycles. The molecule has 0 saturated heterocycles. The molecule has 3 aromatic rings. The second kappa shape index (κ2) is 5.37. The lowest BCUT2D eigenvalue weighted by molar-refractivity contribution is -0.286. The molecule has 0 spiro atoms. The molecule has 1 aliphatic heterocycles. The number of carboxylic acid groups (broad SMARTS) is 1. The van der Waals surface area contributed by atoms with Gasteiger partial charge in [0.05, 0.1) is 0 Å². The Morgan fingerprint density at radius 3 is 2.68 bits per heavy atom. The molecule has 25 heavy (non-hydrogen) atoms. The number of alkyl halides is 2. The molecule has 4 rings (SSSR count). The molecule has 0 amide bonds. The largest absolute Gasteiger partial charge is 0.586 e. The molecule has 0 bridgehead atoms. The van der Waals surface area contributed by atoms with Crippen LogP contribution in [0, 0.1) is 0 Å². The lowest BCUT2D eigenvalue weighted by Crippen LogP contribution is -2.25. The highest BCUT2D eigenvalue weighted by atomic mass is 19.3. The summed E-state index contributed by atoms with van der Waals surface area (Å²) in [6, 6.07) is 11.2. The van der Waals surface area contributed by atoms with Gasteiger partial charge in [0.1, 0.15) is 5.58 Å². The van der Waals surface area contributed by atoms with E-state index in [2.05, 4.69) is 14.8 Å². The average molecular weight is 347 g/mol. The summed E-state index contributed by atoms with van der Waals surface area (Å²) >= 11 is 0. The van der Waals surface area contributed by atoms with Crippen LogP contribution in [-0.4, -0.2) is 17.4 Å². The predicted octanol–water partition coefficient (Wildman–Crippen LogP) is 4.06. The number of hydrogen-bond acceptors (Lipinski definition) is 5. The fraction of sp³-hybridized carbons (Fsp3) is 0.118. The number of carbonyl (C=O) groups is 1. The first kappa shape index (κ1) is 15.3. The van der Waals surface area contributed by atoms with Crippen molar-refractivity contribution in [3.8, 4) is 11.5 Å². The van der Waals surface area contributed by atoms with E-state index in [9.17, 15) is 13.6 Å². The molecule has 0 radical (unpaired) electrons. The second-order valence-electron chi connectivity index (χ2n) is 5.47. The Morgan fingerprint density at radius 2 is 1.88 bits per heavy atom. The molecule has 8 heteroatoms. The zero-order valence-corrected chi connectivity index (χ0v) is 12.6. The third kappa shape index (κ3) is 2.93. The number of rotatable bonds is 4. The van der Waals surface area contributed by atoms with Crippen LogP contribution < -0.4 is 14.8 Å². The van der Waals surface area contributed by atoms with Crippen LogP contribution in [0.3, 0.4) is 0 Å². The van der Waals surface area contributed by atoms with Gasteiger partial charge in [-0.1, -0.05) is 12.1 Å². The number of hydrogen-bond donors (Lipinski definition) is 2. The molecule has 0 fully saturated rings. The SMILES string of the molecule is O=C(O)c1cc2ccc(CNc3ccc4c(c3)OC(F)(F)O4)cc2o1. The Kier molecular flexibility index (Phi) is 3.28. The summed E-state index contributed by atoms with van der Waals surface area (Å²) < 4.78 is 40.0. The summed E-state index contributed by atoms with van der Waals surface area (Å²) in [7, 11) is 0. The van der Waals surface area contributed by atoms with Crippen LogP contribution in [0.4, 0.5) is 14.5 Å². The maximum absolute atomic E-state index is 13.0. The minimum absolute atomic E-state index is 0.0197. The van der Waals surface area contributed by atoms with Crippen LogP contribution in [0.1, 0.15) is 16.1 Å². The van der Waals surface area contributed by atoms with Crippen molar-refractivity contribution in [1.29, 1.82) is 0 Å². The molecule has 0 atom stereocenters. The van der Waals surface area contributed by atoms with Crippen LogP contribution in [0.25, 0.3) is 11.0 Å². The van der Waals surface area contributed by atoms with E-state index in [0.29, 0.717) is 23.2 Å². The molecular formula is C17H11F2NO5. The number of furan rings is 1. The van der Waals surface area contributed by atoms with Crippen molar-refractivity contribution in [2.75, 3.05) is 5.32 Å². The third-order valence-electron chi connectivity index (χ3n) is 3.69. The van der Waals surface area contributed by atoms with Gasteiger partial charge in [0.25, 0.3) is 0 Å². The Balaban J connectivity index is 1.50. The van der Waals surface area contributed by atoms with Crippen molar-refractivity contribution in [1.82, 2.24) is 0 Å². The van der Waals surface area contributed by atoms with Crippen molar-refractivity contribution in [2.24, 2.45) is 0 Å². The van der Waals surface area contributed by atoms with Gasteiger partial charge in [-0.3, -0.25) is 0 Å². The number of carboxylic acids is 1. The third-order valence-corrected chi connectivity index (χ3v) is 3.69. The lowest BCUT2D eigenvalue weighted by Gasteiger charge is -2.07. The van der Waals surface area contributed by atoms with E-state index in [4.69, 9.17) is 9.52 Å². The Labute approximate surface area is 139 Å². The van der Waals surface area contributed by atoms with E-state index in [1.54, 1.807) is 18.2 Å². The fourth-order valence-electron chi connectivity index (χ4n) is 2.55. The smallest absolute Gasteiger partial charge is 0.475 e. The van der Waals surface area contributed by atoms with Crippen LogP contribution in [0.2, 0.25) is 0 Å². The van der Waals surface area contributed by atoms with Gasteiger partial charge in [-0.15, -0.1) is 8.78 Å².